The third-order valence-corrected chi connectivity index (χ3v) is 7.42. The van der Waals surface area contributed by atoms with Gasteiger partial charge < -0.3 is 24.7 Å². The fraction of sp³-hybridized carbons (Fsp3) is 0.357. The molecule has 1 fully saturated rings. The van der Waals surface area contributed by atoms with E-state index in [1.54, 1.807) is 6.07 Å². The van der Waals surface area contributed by atoms with Crippen LogP contribution in [0.5, 0.6) is 0 Å². The van der Waals surface area contributed by atoms with Gasteiger partial charge in [-0.05, 0) is 45.5 Å². The molecular weight excluding hydrogens is 500 g/mol. The molecule has 4 aromatic heterocycles. The normalized spacial score (nSPS) is 14.7. The minimum Gasteiger partial charge on any atom is -0.366 e. The van der Waals surface area contributed by atoms with E-state index in [1.807, 2.05) is 43.8 Å². The number of pyridine rings is 1. The summed E-state index contributed by atoms with van der Waals surface area (Å²) in [6.45, 7) is 12.9. The van der Waals surface area contributed by atoms with Gasteiger partial charge in [-0.3, -0.25) is 0 Å². The summed E-state index contributed by atoms with van der Waals surface area (Å²) in [5.41, 5.74) is 3.16. The SMILES string of the molecule is CCN1CCN(c2cnc(Nc3ncc(F)c(-c4cc(F)c5nc(C)n(C(C)C)c5c4)n3)c3cc[nH]c23)CC1. The van der Waals surface area contributed by atoms with Crippen molar-refractivity contribution in [2.45, 2.75) is 33.7 Å². The van der Waals surface area contributed by atoms with Crippen molar-refractivity contribution in [2.75, 3.05) is 42.9 Å². The molecule has 6 rings (SSSR count). The molecule has 0 spiro atoms. The maximum absolute atomic E-state index is 15.1. The molecule has 11 heteroatoms. The number of hydrogen-bond donors (Lipinski definition) is 2. The molecule has 0 amide bonds. The van der Waals surface area contributed by atoms with Gasteiger partial charge in [0.05, 0.1) is 29.1 Å². The number of aromatic nitrogens is 6. The lowest BCUT2D eigenvalue weighted by molar-refractivity contribution is 0.271. The van der Waals surface area contributed by atoms with Crippen LogP contribution in [0.4, 0.5) is 26.2 Å². The van der Waals surface area contributed by atoms with E-state index in [2.05, 4.69) is 47.0 Å². The zero-order valence-corrected chi connectivity index (χ0v) is 22.5. The molecule has 0 aliphatic carbocycles. The zero-order chi connectivity index (χ0) is 27.3. The zero-order valence-electron chi connectivity index (χ0n) is 22.5. The smallest absolute Gasteiger partial charge is 0.229 e. The van der Waals surface area contributed by atoms with Crippen molar-refractivity contribution >= 4 is 39.4 Å². The number of benzene rings is 1. The third-order valence-electron chi connectivity index (χ3n) is 7.42. The van der Waals surface area contributed by atoms with Crippen LogP contribution in [0.3, 0.4) is 0 Å². The molecule has 1 saturated heterocycles. The van der Waals surface area contributed by atoms with Crippen molar-refractivity contribution in [1.82, 2.24) is 34.4 Å². The van der Waals surface area contributed by atoms with Gasteiger partial charge >= 0.3 is 0 Å². The van der Waals surface area contributed by atoms with Crippen LogP contribution in [-0.4, -0.2) is 67.1 Å². The molecule has 0 radical (unpaired) electrons. The van der Waals surface area contributed by atoms with Crippen molar-refractivity contribution in [3.8, 4) is 11.3 Å². The van der Waals surface area contributed by atoms with Crippen LogP contribution in [0.2, 0.25) is 0 Å². The summed E-state index contributed by atoms with van der Waals surface area (Å²) in [5.74, 6) is 0.241. The molecule has 0 unspecified atom stereocenters. The molecule has 9 nitrogen and oxygen atoms in total. The maximum Gasteiger partial charge on any atom is 0.229 e. The van der Waals surface area contributed by atoms with Gasteiger partial charge in [-0.2, -0.15) is 0 Å². The molecule has 5 aromatic rings. The van der Waals surface area contributed by atoms with Crippen LogP contribution in [0.15, 0.2) is 36.8 Å². The van der Waals surface area contributed by atoms with Gasteiger partial charge in [0.25, 0.3) is 0 Å². The summed E-state index contributed by atoms with van der Waals surface area (Å²) in [5, 5.41) is 4.02. The molecule has 1 aromatic carbocycles. The minimum absolute atomic E-state index is 0.00168. The molecule has 202 valence electrons. The first-order valence-corrected chi connectivity index (χ1v) is 13.3. The second kappa shape index (κ2) is 9.88. The first kappa shape index (κ1) is 25.2. The number of halogens is 2. The molecule has 0 bridgehead atoms. The number of imidazole rings is 1. The Morgan fingerprint density at radius 2 is 1.82 bits per heavy atom. The van der Waals surface area contributed by atoms with Crippen molar-refractivity contribution in [2.24, 2.45) is 0 Å². The number of fused-ring (bicyclic) bond motifs is 2. The fourth-order valence-corrected chi connectivity index (χ4v) is 5.48. The Hall–Kier alpha value is -4.12. The van der Waals surface area contributed by atoms with E-state index in [4.69, 9.17) is 0 Å². The highest BCUT2D eigenvalue weighted by molar-refractivity contribution is 5.98. The summed E-state index contributed by atoms with van der Waals surface area (Å²) < 4.78 is 32.0. The van der Waals surface area contributed by atoms with E-state index < -0.39 is 11.6 Å². The van der Waals surface area contributed by atoms with E-state index in [0.717, 1.165) is 55.5 Å². The van der Waals surface area contributed by atoms with Gasteiger partial charge in [0.15, 0.2) is 11.6 Å². The number of nitrogens with one attached hydrogen (secondary N) is 2. The second-order valence-electron chi connectivity index (χ2n) is 10.1. The molecule has 1 aliphatic heterocycles. The van der Waals surface area contributed by atoms with E-state index >= 15 is 4.39 Å². The number of piperazine rings is 1. The lowest BCUT2D eigenvalue weighted by Gasteiger charge is -2.35. The molecular formula is C28H31F2N9. The Morgan fingerprint density at radius 3 is 2.56 bits per heavy atom. The van der Waals surface area contributed by atoms with Gasteiger partial charge in [0.1, 0.15) is 22.9 Å². The van der Waals surface area contributed by atoms with Crippen molar-refractivity contribution < 1.29 is 8.78 Å². The molecule has 1 aliphatic rings. The van der Waals surface area contributed by atoms with Crippen LogP contribution >= 0.6 is 0 Å². The predicted molar refractivity (Wildman–Crippen MR) is 150 cm³/mol. The average Bonchev–Trinajstić information content (AvgIpc) is 3.55. The highest BCUT2D eigenvalue weighted by atomic mass is 19.1. The number of likely N-dealkylation sites (N-methyl/N-ethyl adjacent to an activating group) is 1. The number of nitrogens with zero attached hydrogens (tertiary/aromatic N) is 7. The van der Waals surface area contributed by atoms with Gasteiger partial charge in [-0.1, -0.05) is 6.92 Å². The Labute approximate surface area is 224 Å². The summed E-state index contributed by atoms with van der Waals surface area (Å²) >= 11 is 0. The predicted octanol–water partition coefficient (Wildman–Crippen LogP) is 5.42. The lowest BCUT2D eigenvalue weighted by atomic mass is 10.1. The Bertz CT molecular complexity index is 1670. The number of aryl methyl sites for hydroxylation is 1. The second-order valence-corrected chi connectivity index (χ2v) is 10.1. The average molecular weight is 532 g/mol. The van der Waals surface area contributed by atoms with Crippen molar-refractivity contribution in [3.63, 3.8) is 0 Å². The van der Waals surface area contributed by atoms with E-state index in [0.29, 0.717) is 22.7 Å². The number of H-pyrrole nitrogens is 1. The Morgan fingerprint density at radius 1 is 1.03 bits per heavy atom. The first-order valence-electron chi connectivity index (χ1n) is 13.3. The van der Waals surface area contributed by atoms with Crippen LogP contribution in [0, 0.1) is 18.6 Å². The van der Waals surface area contributed by atoms with Gasteiger partial charge in [-0.15, -0.1) is 0 Å². The quantitative estimate of drug-likeness (QED) is 0.302. The van der Waals surface area contributed by atoms with Crippen LogP contribution in [0.25, 0.3) is 33.2 Å². The van der Waals surface area contributed by atoms with Crippen LogP contribution in [-0.2, 0) is 0 Å². The first-order chi connectivity index (χ1) is 18.8. The van der Waals surface area contributed by atoms with E-state index in [-0.39, 0.29) is 23.2 Å². The van der Waals surface area contributed by atoms with Gasteiger partial charge in [0, 0.05) is 49.4 Å². The van der Waals surface area contributed by atoms with Crippen molar-refractivity contribution in [1.29, 1.82) is 0 Å². The highest BCUT2D eigenvalue weighted by Crippen LogP contribution is 2.33. The van der Waals surface area contributed by atoms with Crippen molar-refractivity contribution in [3.05, 3.63) is 54.2 Å². The van der Waals surface area contributed by atoms with Gasteiger partial charge in [0.2, 0.25) is 5.95 Å². The lowest BCUT2D eigenvalue weighted by Crippen LogP contribution is -2.46. The summed E-state index contributed by atoms with van der Waals surface area (Å²) in [6, 6.07) is 5.00. The largest absolute Gasteiger partial charge is 0.366 e. The van der Waals surface area contributed by atoms with Gasteiger partial charge in [-0.25, -0.2) is 28.7 Å². The number of anilines is 3. The van der Waals surface area contributed by atoms with Crippen LogP contribution in [0.1, 0.15) is 32.6 Å². The number of rotatable bonds is 6. The highest BCUT2D eigenvalue weighted by Gasteiger charge is 2.21. The molecule has 39 heavy (non-hydrogen) atoms. The topological polar surface area (TPSA) is 90.8 Å². The third kappa shape index (κ3) is 4.46. The standard InChI is InChI=1S/C28H31F2N9/c1-5-37-8-10-38(11-9-37)23-15-32-27(19-6-7-31-25(19)23)36-28-33-14-21(30)24(35-28)18-12-20(29)26-22(13-18)39(16(2)3)17(4)34-26/h6-7,12-16,31H,5,8-11H2,1-4H3,(H,32,33,35,36). The fourth-order valence-electron chi connectivity index (χ4n) is 5.48. The molecule has 0 saturated carbocycles. The molecule has 5 heterocycles. The number of hydrogen-bond acceptors (Lipinski definition) is 7. The monoisotopic (exact) mass is 531 g/mol. The van der Waals surface area contributed by atoms with E-state index in [9.17, 15) is 4.39 Å². The Kier molecular flexibility index (Phi) is 6.38. The van der Waals surface area contributed by atoms with Crippen LogP contribution < -0.4 is 10.2 Å². The number of aromatic amines is 1. The molecule has 2 N–H and O–H groups in total. The summed E-state index contributed by atoms with van der Waals surface area (Å²) in [6.07, 6.45) is 4.80. The Balaban J connectivity index is 1.34. The molecule has 0 atom stereocenters. The van der Waals surface area contributed by atoms with E-state index in [1.165, 1.54) is 6.07 Å². The minimum atomic E-state index is -0.645. The summed E-state index contributed by atoms with van der Waals surface area (Å²) in [7, 11) is 0. The summed E-state index contributed by atoms with van der Waals surface area (Å²) in [4.78, 5) is 25.7. The maximum atomic E-state index is 15.1.